The lowest BCUT2D eigenvalue weighted by Crippen LogP contribution is -2.49. The Morgan fingerprint density at radius 3 is 2.79 bits per heavy atom. The fourth-order valence-electron chi connectivity index (χ4n) is 4.35. The van der Waals surface area contributed by atoms with Crippen LogP contribution in [-0.2, 0) is 14.3 Å². The van der Waals surface area contributed by atoms with Crippen LogP contribution >= 0.6 is 0 Å². The van der Waals surface area contributed by atoms with Crippen molar-refractivity contribution in [2.24, 2.45) is 16.8 Å². The molecule has 3 atom stereocenters. The van der Waals surface area contributed by atoms with Crippen molar-refractivity contribution >= 4 is 11.9 Å². The quantitative estimate of drug-likeness (QED) is 0.466. The molecule has 2 saturated heterocycles. The van der Waals surface area contributed by atoms with Gasteiger partial charge in [0.05, 0.1) is 18.6 Å². The summed E-state index contributed by atoms with van der Waals surface area (Å²) in [5.41, 5.74) is 2.51. The van der Waals surface area contributed by atoms with E-state index in [4.69, 9.17) is 9.47 Å². The number of aryl methyl sites for hydroxylation is 1. The van der Waals surface area contributed by atoms with Crippen molar-refractivity contribution in [3.8, 4) is 0 Å². The normalized spacial score (nSPS) is 25.6. The number of guanidine groups is 1. The zero-order valence-electron chi connectivity index (χ0n) is 18.0. The van der Waals surface area contributed by atoms with E-state index in [2.05, 4.69) is 46.4 Å². The second-order valence-corrected chi connectivity index (χ2v) is 8.07. The summed E-state index contributed by atoms with van der Waals surface area (Å²) < 4.78 is 11.4. The molecule has 0 radical (unpaired) electrons. The predicted octanol–water partition coefficient (Wildman–Crippen LogP) is 3.31. The molecule has 2 fully saturated rings. The lowest BCUT2D eigenvalue weighted by Gasteiger charge is -2.36. The number of aliphatic imine (C=N–C) groups is 1. The van der Waals surface area contributed by atoms with E-state index in [9.17, 15) is 4.79 Å². The van der Waals surface area contributed by atoms with Crippen LogP contribution < -0.4 is 5.32 Å². The number of rotatable bonds is 5. The van der Waals surface area contributed by atoms with E-state index >= 15 is 0 Å². The van der Waals surface area contributed by atoms with E-state index in [-0.39, 0.29) is 18.0 Å². The van der Waals surface area contributed by atoms with E-state index in [1.807, 2.05) is 14.0 Å². The lowest BCUT2D eigenvalue weighted by atomic mass is 9.89. The number of nitrogens with zero attached hydrogens (tertiary/aromatic N) is 2. The Hall–Kier alpha value is -2.08. The van der Waals surface area contributed by atoms with Crippen LogP contribution in [0.4, 0.5) is 0 Å². The van der Waals surface area contributed by atoms with Crippen LogP contribution in [0.1, 0.15) is 49.8 Å². The minimum absolute atomic E-state index is 0.0689. The molecule has 1 aromatic rings. The maximum atomic E-state index is 12.2. The van der Waals surface area contributed by atoms with E-state index in [0.29, 0.717) is 19.1 Å². The van der Waals surface area contributed by atoms with E-state index in [1.54, 1.807) is 0 Å². The molecule has 1 aromatic carbocycles. The predicted molar refractivity (Wildman–Crippen MR) is 115 cm³/mol. The van der Waals surface area contributed by atoms with Crippen LogP contribution in [0.3, 0.4) is 0 Å². The van der Waals surface area contributed by atoms with Crippen molar-refractivity contribution in [2.45, 2.75) is 45.6 Å². The molecule has 0 amide bonds. The average Bonchev–Trinajstić information content (AvgIpc) is 2.75. The molecule has 6 heteroatoms. The number of nitrogens with one attached hydrogen (secondary N) is 1. The maximum absolute atomic E-state index is 12.2. The van der Waals surface area contributed by atoms with Gasteiger partial charge < -0.3 is 19.7 Å². The highest BCUT2D eigenvalue weighted by Crippen LogP contribution is 2.33. The summed E-state index contributed by atoms with van der Waals surface area (Å²) in [5, 5.41) is 3.56. The van der Waals surface area contributed by atoms with Crippen LogP contribution in [0.15, 0.2) is 29.3 Å². The monoisotopic (exact) mass is 401 g/mol. The molecule has 6 nitrogen and oxygen atoms in total. The van der Waals surface area contributed by atoms with Crippen LogP contribution in [0.25, 0.3) is 0 Å². The van der Waals surface area contributed by atoms with Gasteiger partial charge in [-0.25, -0.2) is 0 Å². The summed E-state index contributed by atoms with van der Waals surface area (Å²) in [6.07, 6.45) is 4.19. The number of ether oxygens (including phenoxy) is 2. The highest BCUT2D eigenvalue weighted by Gasteiger charge is 2.30. The van der Waals surface area contributed by atoms with E-state index in [1.165, 1.54) is 11.1 Å². The molecule has 0 bridgehead atoms. The largest absolute Gasteiger partial charge is 0.466 e. The third-order valence-corrected chi connectivity index (χ3v) is 5.93. The molecular weight excluding hydrogens is 366 g/mol. The van der Waals surface area contributed by atoms with Gasteiger partial charge >= 0.3 is 5.97 Å². The van der Waals surface area contributed by atoms with Gasteiger partial charge in [-0.1, -0.05) is 29.8 Å². The molecule has 0 aliphatic carbocycles. The summed E-state index contributed by atoms with van der Waals surface area (Å²) in [7, 11) is 1.81. The van der Waals surface area contributed by atoms with Crippen LogP contribution in [0, 0.1) is 18.8 Å². The summed E-state index contributed by atoms with van der Waals surface area (Å²) >= 11 is 0. The molecule has 2 heterocycles. The molecule has 3 unspecified atom stereocenters. The molecule has 2 aliphatic heterocycles. The first-order valence-corrected chi connectivity index (χ1v) is 10.9. The molecule has 29 heavy (non-hydrogen) atoms. The molecule has 0 saturated carbocycles. The molecule has 2 aliphatic rings. The van der Waals surface area contributed by atoms with Crippen molar-refractivity contribution in [3.05, 3.63) is 35.4 Å². The number of piperidine rings is 1. The molecule has 0 spiro atoms. The van der Waals surface area contributed by atoms with Crippen molar-refractivity contribution in [3.63, 3.8) is 0 Å². The first kappa shape index (κ1) is 21.6. The summed E-state index contributed by atoms with van der Waals surface area (Å²) in [4.78, 5) is 18.8. The molecular formula is C23H35N3O3. The Morgan fingerprint density at radius 1 is 1.28 bits per heavy atom. The Balaban J connectivity index is 1.60. The zero-order chi connectivity index (χ0) is 20.6. The smallest absolute Gasteiger partial charge is 0.310 e. The zero-order valence-corrected chi connectivity index (χ0v) is 18.0. The first-order valence-electron chi connectivity index (χ1n) is 10.9. The summed E-state index contributed by atoms with van der Waals surface area (Å²) in [6.45, 7) is 7.61. The van der Waals surface area contributed by atoms with Crippen molar-refractivity contribution in [2.75, 3.05) is 39.9 Å². The minimum atomic E-state index is -0.0900. The molecule has 0 aromatic heterocycles. The van der Waals surface area contributed by atoms with Gasteiger partial charge in [0.1, 0.15) is 0 Å². The molecule has 3 rings (SSSR count). The van der Waals surface area contributed by atoms with Gasteiger partial charge in [0.2, 0.25) is 0 Å². The van der Waals surface area contributed by atoms with Gasteiger partial charge in [-0.2, -0.15) is 0 Å². The highest BCUT2D eigenvalue weighted by molar-refractivity contribution is 5.81. The number of likely N-dealkylation sites (tertiary alicyclic amines) is 1. The Bertz CT molecular complexity index is 689. The van der Waals surface area contributed by atoms with Gasteiger partial charge in [-0.15, -0.1) is 0 Å². The van der Waals surface area contributed by atoms with Gasteiger partial charge in [0.25, 0.3) is 0 Å². The van der Waals surface area contributed by atoms with Crippen LogP contribution in [-0.4, -0.2) is 56.7 Å². The van der Waals surface area contributed by atoms with Crippen molar-refractivity contribution in [1.82, 2.24) is 10.2 Å². The van der Waals surface area contributed by atoms with Crippen molar-refractivity contribution in [1.29, 1.82) is 0 Å². The van der Waals surface area contributed by atoms with Crippen molar-refractivity contribution < 1.29 is 14.3 Å². The fourth-order valence-corrected chi connectivity index (χ4v) is 4.35. The van der Waals surface area contributed by atoms with Crippen LogP contribution in [0.5, 0.6) is 0 Å². The third-order valence-electron chi connectivity index (χ3n) is 5.93. The number of hydrogen-bond donors (Lipinski definition) is 1. The van der Waals surface area contributed by atoms with Gasteiger partial charge in [0.15, 0.2) is 5.96 Å². The standard InChI is InChI=1S/C23H35N3O3/c1-4-28-22(27)20-7-5-13-26(16-20)23(24-3)25-15-19-8-6-14-29-21(19)18-11-9-17(2)10-12-18/h9-12,19-21H,4-8,13-16H2,1-3H3,(H,24,25). The first-order chi connectivity index (χ1) is 14.1. The molecule has 160 valence electrons. The number of carbonyl (C=O) groups is 1. The number of carbonyl (C=O) groups excluding carboxylic acids is 1. The summed E-state index contributed by atoms with van der Waals surface area (Å²) in [5.74, 6) is 1.11. The van der Waals surface area contributed by atoms with Gasteiger partial charge in [-0.05, 0) is 45.1 Å². The fraction of sp³-hybridized carbons (Fsp3) is 0.652. The molecule has 1 N–H and O–H groups in total. The topological polar surface area (TPSA) is 63.2 Å². The van der Waals surface area contributed by atoms with E-state index in [0.717, 1.165) is 51.3 Å². The lowest BCUT2D eigenvalue weighted by molar-refractivity contribution is -0.149. The van der Waals surface area contributed by atoms with Gasteiger partial charge in [0, 0.05) is 39.2 Å². The second-order valence-electron chi connectivity index (χ2n) is 8.07. The van der Waals surface area contributed by atoms with E-state index < -0.39 is 0 Å². The number of benzene rings is 1. The minimum Gasteiger partial charge on any atom is -0.466 e. The second kappa shape index (κ2) is 10.6. The maximum Gasteiger partial charge on any atom is 0.310 e. The number of esters is 1. The summed E-state index contributed by atoms with van der Waals surface area (Å²) in [6, 6.07) is 8.67. The number of hydrogen-bond acceptors (Lipinski definition) is 4. The average molecular weight is 402 g/mol. The Kier molecular flexibility index (Phi) is 7.92. The van der Waals surface area contributed by atoms with Crippen LogP contribution in [0.2, 0.25) is 0 Å². The SMILES string of the molecule is CCOC(=O)C1CCCN(C(=NC)NCC2CCCOC2c2ccc(C)cc2)C1. The highest BCUT2D eigenvalue weighted by atomic mass is 16.5. The Labute approximate surface area is 174 Å². The third kappa shape index (κ3) is 5.72. The van der Waals surface area contributed by atoms with Gasteiger partial charge in [-0.3, -0.25) is 9.79 Å². The Morgan fingerprint density at radius 2 is 2.07 bits per heavy atom.